The van der Waals surface area contributed by atoms with E-state index in [0.717, 1.165) is 19.3 Å². The third kappa shape index (κ3) is 3.67. The Morgan fingerprint density at radius 3 is 2.20 bits per heavy atom. The summed E-state index contributed by atoms with van der Waals surface area (Å²) in [4.78, 5) is 0. The van der Waals surface area contributed by atoms with Gasteiger partial charge in [-0.2, -0.15) is 0 Å². The summed E-state index contributed by atoms with van der Waals surface area (Å²) in [5.41, 5.74) is 2.71. The molecule has 15 heavy (non-hydrogen) atoms. The molecule has 2 atom stereocenters. The van der Waals surface area contributed by atoms with Crippen LogP contribution in [0.25, 0.3) is 0 Å². The highest BCUT2D eigenvalue weighted by atomic mass is 16.3. The van der Waals surface area contributed by atoms with Crippen molar-refractivity contribution in [3.63, 3.8) is 0 Å². The van der Waals surface area contributed by atoms with Crippen molar-refractivity contribution in [2.24, 2.45) is 0 Å². The Labute approximate surface area is 93.1 Å². The van der Waals surface area contributed by atoms with Gasteiger partial charge in [-0.1, -0.05) is 45.0 Å². The summed E-state index contributed by atoms with van der Waals surface area (Å²) >= 11 is 0. The van der Waals surface area contributed by atoms with Crippen LogP contribution in [0.5, 0.6) is 0 Å². The van der Waals surface area contributed by atoms with Crippen molar-refractivity contribution in [3.8, 4) is 0 Å². The molecule has 1 N–H and O–H groups in total. The van der Waals surface area contributed by atoms with Crippen LogP contribution < -0.4 is 0 Å². The number of aryl methyl sites for hydroxylation is 1. The molecule has 0 bridgehead atoms. The van der Waals surface area contributed by atoms with Gasteiger partial charge >= 0.3 is 0 Å². The maximum absolute atomic E-state index is 9.59. The SMILES string of the molecule is CCc1ccc(C(C)CC(O)CC)cc1. The van der Waals surface area contributed by atoms with Gasteiger partial charge in [0.1, 0.15) is 0 Å². The van der Waals surface area contributed by atoms with Crippen molar-refractivity contribution in [1.82, 2.24) is 0 Å². The zero-order chi connectivity index (χ0) is 11.3. The van der Waals surface area contributed by atoms with Crippen LogP contribution >= 0.6 is 0 Å². The van der Waals surface area contributed by atoms with Crippen LogP contribution in [-0.2, 0) is 6.42 Å². The molecule has 0 aliphatic heterocycles. The number of benzene rings is 1. The van der Waals surface area contributed by atoms with E-state index in [9.17, 15) is 5.11 Å². The second-order valence-electron chi connectivity index (χ2n) is 4.29. The molecule has 2 unspecified atom stereocenters. The number of rotatable bonds is 5. The van der Waals surface area contributed by atoms with Gasteiger partial charge in [0.05, 0.1) is 6.10 Å². The smallest absolute Gasteiger partial charge is 0.0543 e. The molecule has 0 fully saturated rings. The van der Waals surface area contributed by atoms with Gasteiger partial charge in [0.2, 0.25) is 0 Å². The minimum atomic E-state index is -0.161. The first-order valence-electron chi connectivity index (χ1n) is 5.94. The van der Waals surface area contributed by atoms with Gasteiger partial charge in [0.15, 0.2) is 0 Å². The Hall–Kier alpha value is -0.820. The molecule has 0 amide bonds. The van der Waals surface area contributed by atoms with Crippen LogP contribution in [0.4, 0.5) is 0 Å². The standard InChI is InChI=1S/C14H22O/c1-4-12-6-8-13(9-7-12)11(3)10-14(15)5-2/h6-9,11,14-15H,4-5,10H2,1-3H3. The molecule has 1 nitrogen and oxygen atoms in total. The van der Waals surface area contributed by atoms with E-state index in [1.165, 1.54) is 11.1 Å². The van der Waals surface area contributed by atoms with Crippen LogP contribution in [0.3, 0.4) is 0 Å². The van der Waals surface area contributed by atoms with E-state index in [-0.39, 0.29) is 6.10 Å². The molecule has 1 aromatic rings. The average Bonchev–Trinajstić information content (AvgIpc) is 2.29. The number of aliphatic hydroxyl groups excluding tert-OH is 1. The molecule has 0 aliphatic carbocycles. The van der Waals surface area contributed by atoms with Crippen LogP contribution in [-0.4, -0.2) is 11.2 Å². The Balaban J connectivity index is 2.61. The zero-order valence-corrected chi connectivity index (χ0v) is 10.0. The van der Waals surface area contributed by atoms with Crippen molar-refractivity contribution in [1.29, 1.82) is 0 Å². The quantitative estimate of drug-likeness (QED) is 0.781. The van der Waals surface area contributed by atoms with Crippen LogP contribution in [0, 0.1) is 0 Å². The van der Waals surface area contributed by atoms with Gasteiger partial charge < -0.3 is 5.11 Å². The molecule has 0 saturated heterocycles. The van der Waals surface area contributed by atoms with E-state index < -0.39 is 0 Å². The molecule has 84 valence electrons. The fourth-order valence-electron chi connectivity index (χ4n) is 1.79. The second-order valence-corrected chi connectivity index (χ2v) is 4.29. The first-order valence-corrected chi connectivity index (χ1v) is 5.94. The van der Waals surface area contributed by atoms with E-state index in [4.69, 9.17) is 0 Å². The molecule has 0 aromatic heterocycles. The molecule has 0 heterocycles. The monoisotopic (exact) mass is 206 g/mol. The summed E-state index contributed by atoms with van der Waals surface area (Å²) in [6, 6.07) is 8.74. The zero-order valence-electron chi connectivity index (χ0n) is 10.0. The fraction of sp³-hybridized carbons (Fsp3) is 0.571. The third-order valence-electron chi connectivity index (χ3n) is 3.05. The normalized spacial score (nSPS) is 14.9. The van der Waals surface area contributed by atoms with Crippen molar-refractivity contribution < 1.29 is 5.11 Å². The van der Waals surface area contributed by atoms with E-state index in [1.807, 2.05) is 6.92 Å². The highest BCUT2D eigenvalue weighted by Crippen LogP contribution is 2.22. The third-order valence-corrected chi connectivity index (χ3v) is 3.05. The summed E-state index contributed by atoms with van der Waals surface area (Å²) in [5, 5.41) is 9.59. The molecular formula is C14H22O. The number of hydrogen-bond donors (Lipinski definition) is 1. The summed E-state index contributed by atoms with van der Waals surface area (Å²) in [6.07, 6.45) is 2.64. The van der Waals surface area contributed by atoms with E-state index in [1.54, 1.807) is 0 Å². The molecule has 0 radical (unpaired) electrons. The molecule has 0 spiro atoms. The second kappa shape index (κ2) is 5.92. The number of aliphatic hydroxyl groups is 1. The highest BCUT2D eigenvalue weighted by Gasteiger charge is 2.10. The Morgan fingerprint density at radius 2 is 1.73 bits per heavy atom. The minimum Gasteiger partial charge on any atom is -0.393 e. The van der Waals surface area contributed by atoms with Crippen molar-refractivity contribution >= 4 is 0 Å². The molecule has 1 aromatic carbocycles. The largest absolute Gasteiger partial charge is 0.393 e. The fourth-order valence-corrected chi connectivity index (χ4v) is 1.79. The van der Waals surface area contributed by atoms with Gasteiger partial charge in [-0.25, -0.2) is 0 Å². The van der Waals surface area contributed by atoms with E-state index >= 15 is 0 Å². The predicted molar refractivity (Wildman–Crippen MR) is 65.1 cm³/mol. The Bertz CT molecular complexity index is 276. The van der Waals surface area contributed by atoms with Gasteiger partial charge in [-0.05, 0) is 36.3 Å². The first kappa shape index (κ1) is 12.3. The highest BCUT2D eigenvalue weighted by molar-refractivity contribution is 5.25. The Morgan fingerprint density at radius 1 is 1.13 bits per heavy atom. The predicted octanol–water partition coefficient (Wildman–Crippen LogP) is 3.51. The lowest BCUT2D eigenvalue weighted by atomic mass is 9.93. The lowest BCUT2D eigenvalue weighted by molar-refractivity contribution is 0.153. The molecule has 0 saturated carbocycles. The number of hydrogen-bond acceptors (Lipinski definition) is 1. The van der Waals surface area contributed by atoms with Gasteiger partial charge in [-0.3, -0.25) is 0 Å². The van der Waals surface area contributed by atoms with Crippen LogP contribution in [0.2, 0.25) is 0 Å². The topological polar surface area (TPSA) is 20.2 Å². The van der Waals surface area contributed by atoms with Crippen molar-refractivity contribution in [3.05, 3.63) is 35.4 Å². The molecule has 0 aliphatic rings. The van der Waals surface area contributed by atoms with Gasteiger partial charge in [-0.15, -0.1) is 0 Å². The van der Waals surface area contributed by atoms with Gasteiger partial charge in [0.25, 0.3) is 0 Å². The summed E-state index contributed by atoms with van der Waals surface area (Å²) < 4.78 is 0. The molecular weight excluding hydrogens is 184 g/mol. The minimum absolute atomic E-state index is 0.161. The first-order chi connectivity index (χ1) is 7.17. The van der Waals surface area contributed by atoms with Crippen molar-refractivity contribution in [2.45, 2.75) is 52.1 Å². The van der Waals surface area contributed by atoms with Crippen LogP contribution in [0.15, 0.2) is 24.3 Å². The lowest BCUT2D eigenvalue weighted by Crippen LogP contribution is -2.09. The van der Waals surface area contributed by atoms with E-state index in [2.05, 4.69) is 38.1 Å². The molecule has 1 heteroatoms. The lowest BCUT2D eigenvalue weighted by Gasteiger charge is -2.15. The van der Waals surface area contributed by atoms with Crippen molar-refractivity contribution in [2.75, 3.05) is 0 Å². The summed E-state index contributed by atoms with van der Waals surface area (Å²) in [7, 11) is 0. The Kier molecular flexibility index (Phi) is 4.83. The summed E-state index contributed by atoms with van der Waals surface area (Å²) in [6.45, 7) is 6.37. The average molecular weight is 206 g/mol. The maximum Gasteiger partial charge on any atom is 0.0543 e. The van der Waals surface area contributed by atoms with E-state index in [0.29, 0.717) is 5.92 Å². The van der Waals surface area contributed by atoms with Gasteiger partial charge in [0, 0.05) is 0 Å². The maximum atomic E-state index is 9.59. The molecule has 1 rings (SSSR count). The summed E-state index contributed by atoms with van der Waals surface area (Å²) in [5.74, 6) is 0.450. The van der Waals surface area contributed by atoms with Crippen LogP contribution in [0.1, 0.15) is 50.7 Å².